The van der Waals surface area contributed by atoms with Gasteiger partial charge in [0.2, 0.25) is 0 Å². The molecule has 4 heterocycles. The zero-order valence-electron chi connectivity index (χ0n) is 31.9. The van der Waals surface area contributed by atoms with Crippen LogP contribution in [0.15, 0.2) is 94.9 Å². The lowest BCUT2D eigenvalue weighted by Gasteiger charge is -2.53. The number of allylic oxidation sites excluding steroid dienone is 8. The lowest BCUT2D eigenvalue weighted by atomic mass is 9.85. The fourth-order valence-corrected chi connectivity index (χ4v) is 8.19. The van der Waals surface area contributed by atoms with Crippen LogP contribution in [-0.4, -0.2) is 59.0 Å². The van der Waals surface area contributed by atoms with E-state index in [0.29, 0.717) is 25.7 Å². The number of ether oxygens (including phenoxy) is 8. The molecular formula is C42H42O16-2. The monoisotopic (exact) mass is 802 g/mol. The molecule has 0 amide bonds. The molecule has 2 saturated heterocycles. The van der Waals surface area contributed by atoms with Gasteiger partial charge < -0.3 is 48.1 Å². The van der Waals surface area contributed by atoms with E-state index in [0.717, 1.165) is 37.8 Å². The van der Waals surface area contributed by atoms with E-state index in [1.165, 1.54) is 48.6 Å². The summed E-state index contributed by atoms with van der Waals surface area (Å²) in [5, 5.41) is 25.8. The van der Waals surface area contributed by atoms with Crippen molar-refractivity contribution in [2.45, 2.75) is 114 Å². The SMILES string of the molecule is CC1CCCC2(C1)OC(=O)C(=CC=CC=CC1=C([O-])OC3(CCC4(CC3)OC(=O)C(/C=C/C=C/C=C3C(=O)OC5(CCCC(C)C5)OC3=O)=C([O-])O4)OC1=O)C(=O)O2. The van der Waals surface area contributed by atoms with Crippen LogP contribution in [0.25, 0.3) is 0 Å². The fraction of sp³-hybridized carbons (Fsp3) is 0.476. The number of carbonyl (C=O) groups is 6. The van der Waals surface area contributed by atoms with Crippen LogP contribution in [0.1, 0.15) is 90.9 Å². The summed E-state index contributed by atoms with van der Waals surface area (Å²) < 4.78 is 44.1. The molecule has 16 nitrogen and oxygen atoms in total. The predicted octanol–water partition coefficient (Wildman–Crippen LogP) is 3.33. The Morgan fingerprint density at radius 3 is 1.12 bits per heavy atom. The summed E-state index contributed by atoms with van der Waals surface area (Å²) in [6.45, 7) is 4.00. The van der Waals surface area contributed by atoms with Gasteiger partial charge in [0.15, 0.2) is 11.6 Å². The van der Waals surface area contributed by atoms with Gasteiger partial charge in [-0.05, 0) is 49.0 Å². The Labute approximate surface area is 333 Å². The van der Waals surface area contributed by atoms with Crippen LogP contribution in [0.5, 0.6) is 0 Å². The van der Waals surface area contributed by atoms with E-state index < -0.39 is 82.0 Å². The molecule has 7 rings (SSSR count). The Kier molecular flexibility index (Phi) is 10.9. The van der Waals surface area contributed by atoms with Gasteiger partial charge in [-0.2, -0.15) is 0 Å². The van der Waals surface area contributed by atoms with Crippen molar-refractivity contribution in [2.24, 2.45) is 11.8 Å². The van der Waals surface area contributed by atoms with E-state index in [4.69, 9.17) is 37.9 Å². The Morgan fingerprint density at radius 1 is 0.448 bits per heavy atom. The largest absolute Gasteiger partial charge is 0.574 e. The van der Waals surface area contributed by atoms with Crippen molar-refractivity contribution >= 4 is 35.8 Å². The second-order valence-electron chi connectivity index (χ2n) is 15.6. The van der Waals surface area contributed by atoms with Crippen molar-refractivity contribution in [3.63, 3.8) is 0 Å². The third-order valence-electron chi connectivity index (χ3n) is 11.1. The topological polar surface area (TPSA) is 222 Å². The molecule has 3 saturated carbocycles. The van der Waals surface area contributed by atoms with Crippen molar-refractivity contribution in [3.8, 4) is 0 Å². The molecule has 4 aliphatic heterocycles. The summed E-state index contributed by atoms with van der Waals surface area (Å²) in [4.78, 5) is 76.1. The fourth-order valence-electron chi connectivity index (χ4n) is 8.19. The van der Waals surface area contributed by atoms with E-state index in [-0.39, 0.29) is 48.7 Å². The minimum Gasteiger partial charge on any atom is -0.574 e. The van der Waals surface area contributed by atoms with Crippen LogP contribution in [0.2, 0.25) is 0 Å². The zero-order chi connectivity index (χ0) is 41.3. The van der Waals surface area contributed by atoms with Gasteiger partial charge in [0, 0.05) is 51.4 Å². The molecule has 0 bridgehead atoms. The first-order valence-electron chi connectivity index (χ1n) is 19.3. The highest BCUT2D eigenvalue weighted by atomic mass is 16.8. The molecular weight excluding hydrogens is 760 g/mol. The van der Waals surface area contributed by atoms with Crippen molar-refractivity contribution in [3.05, 3.63) is 94.9 Å². The Hall–Kier alpha value is -6.06. The average Bonchev–Trinajstić information content (AvgIpc) is 3.13. The lowest BCUT2D eigenvalue weighted by Crippen LogP contribution is -2.54. The summed E-state index contributed by atoms with van der Waals surface area (Å²) in [5.41, 5.74) is -1.42. The zero-order valence-corrected chi connectivity index (χ0v) is 31.9. The van der Waals surface area contributed by atoms with Crippen LogP contribution >= 0.6 is 0 Å². The van der Waals surface area contributed by atoms with Crippen molar-refractivity contribution < 1.29 is 76.9 Å². The van der Waals surface area contributed by atoms with Crippen LogP contribution in [-0.2, 0) is 66.7 Å². The van der Waals surface area contributed by atoms with Gasteiger partial charge in [-0.3, -0.25) is 0 Å². The highest BCUT2D eigenvalue weighted by Crippen LogP contribution is 2.46. The number of esters is 6. The molecule has 0 N–H and O–H groups in total. The van der Waals surface area contributed by atoms with E-state index >= 15 is 0 Å². The third kappa shape index (κ3) is 8.31. The maximum atomic E-state index is 12.9. The number of hydrogen-bond acceptors (Lipinski definition) is 16. The van der Waals surface area contributed by atoms with Crippen LogP contribution < -0.4 is 10.2 Å². The minimum atomic E-state index is -1.68. The molecule has 3 aliphatic carbocycles. The molecule has 308 valence electrons. The smallest absolute Gasteiger partial charge is 0.348 e. The standard InChI is InChI=1S/C42H44O16/c1-25-11-9-17-41(23-25)55-35(47)29(36(48)56-41)15-7-3-5-13-27-31(43)51-39(52-32(27)44)19-21-40(22-20-39)53-33(45)28(34(46)54-40)14-6-4-8-16-30-37(49)57-42(58-38(30)50)18-10-12-26(2)24-42/h3-8,13-16,25-26,43,45H,9-12,17-24H2,1-2H3/p-2/b7-3+,8-4?,13-5+,14-6?,29-15?,30-16?. The summed E-state index contributed by atoms with van der Waals surface area (Å²) in [6, 6.07) is 0. The normalized spacial score (nSPS) is 34.4. The van der Waals surface area contributed by atoms with Gasteiger partial charge in [0.05, 0.1) is 23.0 Å². The molecule has 5 fully saturated rings. The Balaban J connectivity index is 0.910. The average molecular weight is 803 g/mol. The van der Waals surface area contributed by atoms with E-state index in [1.807, 2.05) is 13.8 Å². The minimum absolute atomic E-state index is 0.143. The van der Waals surface area contributed by atoms with E-state index in [2.05, 4.69) is 0 Å². The first kappa shape index (κ1) is 40.1. The van der Waals surface area contributed by atoms with Crippen molar-refractivity contribution in [2.75, 3.05) is 0 Å². The predicted molar refractivity (Wildman–Crippen MR) is 190 cm³/mol. The van der Waals surface area contributed by atoms with E-state index in [1.54, 1.807) is 0 Å². The van der Waals surface area contributed by atoms with Gasteiger partial charge in [0.25, 0.3) is 11.6 Å². The Morgan fingerprint density at radius 2 is 0.793 bits per heavy atom. The maximum absolute atomic E-state index is 12.9. The van der Waals surface area contributed by atoms with E-state index in [9.17, 15) is 39.0 Å². The van der Waals surface area contributed by atoms with Gasteiger partial charge >= 0.3 is 35.8 Å². The van der Waals surface area contributed by atoms with Gasteiger partial charge in [-0.25, -0.2) is 28.8 Å². The highest BCUT2D eigenvalue weighted by molar-refractivity contribution is 6.16. The maximum Gasteiger partial charge on any atom is 0.348 e. The molecule has 2 unspecified atom stereocenters. The second kappa shape index (κ2) is 15.7. The van der Waals surface area contributed by atoms with Crippen LogP contribution in [0, 0.1) is 11.8 Å². The lowest BCUT2D eigenvalue weighted by molar-refractivity contribution is -0.422. The summed E-state index contributed by atoms with van der Waals surface area (Å²) in [5.74, 6) is -12.4. The highest BCUT2D eigenvalue weighted by Gasteiger charge is 2.50. The molecule has 0 aromatic heterocycles. The number of rotatable bonds is 6. The second-order valence-corrected chi connectivity index (χ2v) is 15.6. The number of carbonyl (C=O) groups excluding carboxylic acids is 6. The molecule has 58 heavy (non-hydrogen) atoms. The van der Waals surface area contributed by atoms with Gasteiger partial charge in [-0.1, -0.05) is 63.1 Å². The number of hydrogen-bond donors (Lipinski definition) is 0. The van der Waals surface area contributed by atoms with Crippen molar-refractivity contribution in [1.82, 2.24) is 0 Å². The first-order valence-corrected chi connectivity index (χ1v) is 19.3. The molecule has 0 aromatic rings. The summed E-state index contributed by atoms with van der Waals surface area (Å²) >= 11 is 0. The third-order valence-corrected chi connectivity index (χ3v) is 11.1. The summed E-state index contributed by atoms with van der Waals surface area (Å²) in [6.07, 6.45) is 17.4. The van der Waals surface area contributed by atoms with Gasteiger partial charge in [0.1, 0.15) is 11.1 Å². The molecule has 7 aliphatic rings. The molecule has 16 heteroatoms. The van der Waals surface area contributed by atoms with Crippen molar-refractivity contribution in [1.29, 1.82) is 0 Å². The molecule has 4 spiro atoms. The Bertz CT molecular complexity index is 1850. The summed E-state index contributed by atoms with van der Waals surface area (Å²) in [7, 11) is 0. The molecule has 0 aromatic carbocycles. The quantitative estimate of drug-likeness (QED) is 0.124. The molecule has 0 radical (unpaired) electrons. The van der Waals surface area contributed by atoms with Crippen LogP contribution in [0.3, 0.4) is 0 Å². The van der Waals surface area contributed by atoms with Crippen LogP contribution in [0.4, 0.5) is 0 Å². The van der Waals surface area contributed by atoms with Gasteiger partial charge in [-0.15, -0.1) is 0 Å². The molecule has 2 atom stereocenters. The first-order chi connectivity index (χ1) is 27.6.